The lowest BCUT2D eigenvalue weighted by Crippen LogP contribution is -2.10. The highest BCUT2D eigenvalue weighted by atomic mass is 15.1. The number of nitrogens with zero attached hydrogens (tertiary/aromatic N) is 2. The topological polar surface area (TPSA) is 8.17 Å². The van der Waals surface area contributed by atoms with Gasteiger partial charge in [0.2, 0.25) is 0 Å². The Kier molecular flexibility index (Phi) is 9.89. The minimum Gasteiger partial charge on any atom is -0.310 e. The van der Waals surface area contributed by atoms with Gasteiger partial charge in [-0.25, -0.2) is 0 Å². The van der Waals surface area contributed by atoms with Crippen molar-refractivity contribution in [3.8, 4) is 61.3 Å². The van der Waals surface area contributed by atoms with E-state index in [1.165, 1.54) is 77.1 Å². The maximum Gasteiger partial charge on any atom is 0.0541 e. The zero-order chi connectivity index (χ0) is 43.8. The number of para-hydroxylation sites is 3. The van der Waals surface area contributed by atoms with Crippen LogP contribution in [-0.2, 0) is 0 Å². The summed E-state index contributed by atoms with van der Waals surface area (Å²) in [4.78, 5) is 2.37. The fourth-order valence-corrected chi connectivity index (χ4v) is 9.69. The maximum absolute atomic E-state index is 2.41. The standard InChI is InChI=1S/C64H44N2/c1-2-14-45(15-3-1)47-28-30-48(31-29-47)54-20-13-21-58(44-54)65(56-38-34-49(35-39-56)52-18-12-19-53(42-52)55-33-32-46-16-4-5-17-51(46)43-55)57-40-36-50(37-41-57)59-22-6-9-25-62(59)66-63-26-10-7-23-60(63)61-24-8-11-27-64(61)66/h1-44H. The van der Waals surface area contributed by atoms with Gasteiger partial charge in [-0.05, 0) is 128 Å². The third-order valence-electron chi connectivity index (χ3n) is 13.0. The van der Waals surface area contributed by atoms with Crippen LogP contribution in [0.2, 0.25) is 0 Å². The number of aromatic nitrogens is 1. The summed E-state index contributed by atoms with van der Waals surface area (Å²) in [5.41, 5.74) is 18.7. The van der Waals surface area contributed by atoms with Crippen molar-refractivity contribution in [1.82, 2.24) is 4.57 Å². The van der Waals surface area contributed by atoms with E-state index in [9.17, 15) is 0 Å². The molecule has 66 heavy (non-hydrogen) atoms. The first-order chi connectivity index (χ1) is 32.7. The van der Waals surface area contributed by atoms with Crippen molar-refractivity contribution in [2.75, 3.05) is 4.90 Å². The van der Waals surface area contributed by atoms with Crippen LogP contribution < -0.4 is 4.90 Å². The highest BCUT2D eigenvalue weighted by Gasteiger charge is 2.18. The third-order valence-corrected chi connectivity index (χ3v) is 13.0. The van der Waals surface area contributed by atoms with Crippen LogP contribution in [0.15, 0.2) is 267 Å². The molecule has 0 aliphatic heterocycles. The molecule has 0 radical (unpaired) electrons. The smallest absolute Gasteiger partial charge is 0.0541 e. The van der Waals surface area contributed by atoms with Crippen molar-refractivity contribution in [1.29, 1.82) is 0 Å². The fraction of sp³-hybridized carbons (Fsp3) is 0. The van der Waals surface area contributed by atoms with E-state index in [1.54, 1.807) is 0 Å². The van der Waals surface area contributed by atoms with Gasteiger partial charge in [0.05, 0.1) is 16.7 Å². The molecular weight excluding hydrogens is 797 g/mol. The van der Waals surface area contributed by atoms with E-state index in [1.807, 2.05) is 0 Å². The van der Waals surface area contributed by atoms with Gasteiger partial charge in [0, 0.05) is 33.4 Å². The number of hydrogen-bond donors (Lipinski definition) is 0. The van der Waals surface area contributed by atoms with Gasteiger partial charge in [-0.15, -0.1) is 0 Å². The second kappa shape index (κ2) is 16.8. The lowest BCUT2D eigenvalue weighted by atomic mass is 9.97. The summed E-state index contributed by atoms with van der Waals surface area (Å²) < 4.78 is 2.41. The number of anilines is 3. The molecule has 0 unspecified atom stereocenters. The molecule has 12 aromatic rings. The predicted molar refractivity (Wildman–Crippen MR) is 280 cm³/mol. The van der Waals surface area contributed by atoms with Crippen molar-refractivity contribution < 1.29 is 0 Å². The van der Waals surface area contributed by atoms with Gasteiger partial charge >= 0.3 is 0 Å². The zero-order valence-corrected chi connectivity index (χ0v) is 36.3. The first kappa shape index (κ1) is 38.9. The number of hydrogen-bond acceptors (Lipinski definition) is 1. The minimum absolute atomic E-state index is 1.08. The minimum atomic E-state index is 1.08. The van der Waals surface area contributed by atoms with Crippen LogP contribution in [0.4, 0.5) is 17.1 Å². The SMILES string of the molecule is c1ccc(-c2ccc(-c3cccc(N(c4ccc(-c5cccc(-c6ccc7ccccc7c6)c5)cc4)c4ccc(-c5ccccc5-n5c6ccccc6c6ccccc65)cc4)c3)cc2)cc1. The van der Waals surface area contributed by atoms with Gasteiger partial charge < -0.3 is 9.47 Å². The molecule has 0 aliphatic carbocycles. The molecule has 0 fully saturated rings. The van der Waals surface area contributed by atoms with Crippen LogP contribution in [0.3, 0.4) is 0 Å². The third kappa shape index (κ3) is 7.21. The number of fused-ring (bicyclic) bond motifs is 4. The highest BCUT2D eigenvalue weighted by molar-refractivity contribution is 6.09. The summed E-state index contributed by atoms with van der Waals surface area (Å²) in [6, 6.07) is 96.8. The van der Waals surface area contributed by atoms with Crippen molar-refractivity contribution in [2.24, 2.45) is 0 Å². The van der Waals surface area contributed by atoms with E-state index >= 15 is 0 Å². The quantitative estimate of drug-likeness (QED) is 0.141. The Balaban J connectivity index is 0.926. The average Bonchev–Trinajstić information content (AvgIpc) is 3.74. The Labute approximate surface area is 385 Å². The van der Waals surface area contributed by atoms with Crippen molar-refractivity contribution in [2.45, 2.75) is 0 Å². The van der Waals surface area contributed by atoms with E-state index in [2.05, 4.69) is 276 Å². The lowest BCUT2D eigenvalue weighted by Gasteiger charge is -2.26. The van der Waals surface area contributed by atoms with E-state index in [4.69, 9.17) is 0 Å². The van der Waals surface area contributed by atoms with Gasteiger partial charge in [0.15, 0.2) is 0 Å². The van der Waals surface area contributed by atoms with Gasteiger partial charge in [0.25, 0.3) is 0 Å². The first-order valence-corrected chi connectivity index (χ1v) is 22.7. The van der Waals surface area contributed by atoms with Crippen LogP contribution in [0.25, 0.3) is 93.9 Å². The Morgan fingerprint density at radius 2 is 0.682 bits per heavy atom. The molecule has 0 spiro atoms. The molecule has 2 nitrogen and oxygen atoms in total. The van der Waals surface area contributed by atoms with Crippen LogP contribution in [0, 0.1) is 0 Å². The van der Waals surface area contributed by atoms with E-state index in [0.717, 1.165) is 33.9 Å². The highest BCUT2D eigenvalue weighted by Crippen LogP contribution is 2.41. The van der Waals surface area contributed by atoms with Crippen LogP contribution in [0.1, 0.15) is 0 Å². The molecule has 1 heterocycles. The van der Waals surface area contributed by atoms with Crippen molar-refractivity contribution in [3.63, 3.8) is 0 Å². The largest absolute Gasteiger partial charge is 0.310 e. The van der Waals surface area contributed by atoms with Crippen molar-refractivity contribution >= 4 is 49.6 Å². The Bertz CT molecular complexity index is 3620. The summed E-state index contributed by atoms with van der Waals surface area (Å²) in [5, 5.41) is 5.01. The molecule has 0 amide bonds. The summed E-state index contributed by atoms with van der Waals surface area (Å²) in [5.74, 6) is 0. The monoisotopic (exact) mass is 840 g/mol. The molecule has 0 saturated carbocycles. The second-order valence-electron chi connectivity index (χ2n) is 17.0. The predicted octanol–water partition coefficient (Wildman–Crippen LogP) is 17.7. The molecular formula is C64H44N2. The van der Waals surface area contributed by atoms with E-state index in [-0.39, 0.29) is 0 Å². The molecule has 0 N–H and O–H groups in total. The Hall–Kier alpha value is -8.72. The molecule has 0 bridgehead atoms. The normalized spacial score (nSPS) is 11.3. The first-order valence-electron chi connectivity index (χ1n) is 22.7. The maximum atomic E-state index is 2.41. The van der Waals surface area contributed by atoms with Crippen LogP contribution in [-0.4, -0.2) is 4.57 Å². The van der Waals surface area contributed by atoms with E-state index < -0.39 is 0 Å². The molecule has 0 atom stereocenters. The second-order valence-corrected chi connectivity index (χ2v) is 17.0. The summed E-state index contributed by atoms with van der Waals surface area (Å²) in [7, 11) is 0. The molecule has 310 valence electrons. The zero-order valence-electron chi connectivity index (χ0n) is 36.3. The molecule has 1 aromatic heterocycles. The Morgan fingerprint density at radius 3 is 1.36 bits per heavy atom. The average molecular weight is 841 g/mol. The summed E-state index contributed by atoms with van der Waals surface area (Å²) >= 11 is 0. The molecule has 11 aromatic carbocycles. The van der Waals surface area contributed by atoms with Crippen molar-refractivity contribution in [3.05, 3.63) is 267 Å². The lowest BCUT2D eigenvalue weighted by molar-refractivity contribution is 1.18. The summed E-state index contributed by atoms with van der Waals surface area (Å²) in [6.07, 6.45) is 0. The molecule has 12 rings (SSSR count). The summed E-state index contributed by atoms with van der Waals surface area (Å²) in [6.45, 7) is 0. The van der Waals surface area contributed by atoms with Gasteiger partial charge in [-0.1, -0.05) is 200 Å². The molecule has 0 aliphatic rings. The van der Waals surface area contributed by atoms with Gasteiger partial charge in [0.1, 0.15) is 0 Å². The van der Waals surface area contributed by atoms with Gasteiger partial charge in [-0.2, -0.15) is 0 Å². The molecule has 2 heteroatoms. The van der Waals surface area contributed by atoms with Crippen LogP contribution in [0.5, 0.6) is 0 Å². The van der Waals surface area contributed by atoms with E-state index in [0.29, 0.717) is 0 Å². The number of benzene rings is 11. The fourth-order valence-electron chi connectivity index (χ4n) is 9.69. The Morgan fingerprint density at radius 1 is 0.242 bits per heavy atom. The van der Waals surface area contributed by atoms with Gasteiger partial charge in [-0.3, -0.25) is 0 Å². The number of rotatable bonds is 9. The van der Waals surface area contributed by atoms with Crippen LogP contribution >= 0.6 is 0 Å². The molecule has 0 saturated heterocycles.